The molecule has 0 N–H and O–H groups in total. The van der Waals surface area contributed by atoms with Gasteiger partial charge in [0.25, 0.3) is 0 Å². The largest absolute Gasteiger partial charge is 0.493 e. The first-order valence-electron chi connectivity index (χ1n) is 9.76. The summed E-state index contributed by atoms with van der Waals surface area (Å²) in [6, 6.07) is 6.19. The van der Waals surface area contributed by atoms with Gasteiger partial charge in [-0.05, 0) is 48.6 Å². The highest BCUT2D eigenvalue weighted by molar-refractivity contribution is 5.52. The van der Waals surface area contributed by atoms with E-state index in [0.717, 1.165) is 68.7 Å². The Morgan fingerprint density at radius 2 is 1.70 bits per heavy atom. The minimum Gasteiger partial charge on any atom is -0.493 e. The van der Waals surface area contributed by atoms with Crippen LogP contribution >= 0.6 is 0 Å². The molecule has 1 aliphatic rings. The van der Waals surface area contributed by atoms with Gasteiger partial charge >= 0.3 is 0 Å². The molecule has 3 rings (SSSR count). The Morgan fingerprint density at radius 3 is 2.33 bits per heavy atom. The number of hydrogen-bond acceptors (Lipinski definition) is 6. The minimum atomic E-state index is 0.776. The lowest BCUT2D eigenvalue weighted by Gasteiger charge is -2.31. The Balaban J connectivity index is 1.83. The molecule has 2 heterocycles. The highest BCUT2D eigenvalue weighted by Crippen LogP contribution is 2.34. The molecule has 6 heteroatoms. The average Bonchev–Trinajstić information content (AvgIpc) is 2.72. The van der Waals surface area contributed by atoms with E-state index >= 15 is 0 Å². The standard InChI is InChI=1S/C21H30N4O2/c1-5-10-24(11-6-2)21-22-9-7-20(23-21)25-12-8-16-13-18(26-3)19(27-4)14-17(16)15-25/h7,9,13-14H,5-6,8,10-12,15H2,1-4H3. The predicted octanol–water partition coefficient (Wildman–Crippen LogP) is 3.68. The first kappa shape index (κ1) is 19.3. The van der Waals surface area contributed by atoms with Gasteiger partial charge in [-0.3, -0.25) is 0 Å². The first-order chi connectivity index (χ1) is 13.2. The highest BCUT2D eigenvalue weighted by Gasteiger charge is 2.21. The Hall–Kier alpha value is -2.50. The SMILES string of the molecule is CCCN(CCC)c1nccc(N2CCc3cc(OC)c(OC)cc3C2)n1. The number of benzene rings is 1. The van der Waals surface area contributed by atoms with Crippen LogP contribution in [0.4, 0.5) is 11.8 Å². The topological polar surface area (TPSA) is 50.7 Å². The van der Waals surface area contributed by atoms with Crippen LogP contribution in [0.15, 0.2) is 24.4 Å². The zero-order valence-electron chi connectivity index (χ0n) is 16.9. The first-order valence-corrected chi connectivity index (χ1v) is 9.76. The van der Waals surface area contributed by atoms with Gasteiger partial charge in [-0.25, -0.2) is 4.98 Å². The molecule has 1 aliphatic heterocycles. The lowest BCUT2D eigenvalue weighted by Crippen LogP contribution is -2.32. The van der Waals surface area contributed by atoms with Crippen molar-refractivity contribution in [2.75, 3.05) is 43.7 Å². The lowest BCUT2D eigenvalue weighted by atomic mass is 9.99. The van der Waals surface area contributed by atoms with Crippen LogP contribution in [0.5, 0.6) is 11.5 Å². The normalized spacial score (nSPS) is 13.3. The van der Waals surface area contributed by atoms with Crippen molar-refractivity contribution >= 4 is 11.8 Å². The summed E-state index contributed by atoms with van der Waals surface area (Å²) in [5.41, 5.74) is 2.58. The summed E-state index contributed by atoms with van der Waals surface area (Å²) in [4.78, 5) is 14.0. The van der Waals surface area contributed by atoms with Crippen molar-refractivity contribution in [3.05, 3.63) is 35.5 Å². The molecule has 0 atom stereocenters. The molecule has 2 aromatic rings. The van der Waals surface area contributed by atoms with Gasteiger partial charge in [0.15, 0.2) is 11.5 Å². The van der Waals surface area contributed by atoms with Gasteiger partial charge in [-0.1, -0.05) is 13.8 Å². The van der Waals surface area contributed by atoms with Crippen molar-refractivity contribution < 1.29 is 9.47 Å². The quantitative estimate of drug-likeness (QED) is 0.706. The molecule has 6 nitrogen and oxygen atoms in total. The molecular weight excluding hydrogens is 340 g/mol. The second kappa shape index (κ2) is 8.93. The number of anilines is 2. The molecule has 0 amide bonds. The molecule has 0 saturated carbocycles. The molecule has 1 aromatic heterocycles. The van der Waals surface area contributed by atoms with E-state index in [0.29, 0.717) is 0 Å². The summed E-state index contributed by atoms with van der Waals surface area (Å²) in [5, 5.41) is 0. The van der Waals surface area contributed by atoms with E-state index in [-0.39, 0.29) is 0 Å². The molecule has 0 spiro atoms. The van der Waals surface area contributed by atoms with Crippen molar-refractivity contribution in [2.45, 2.75) is 39.7 Å². The van der Waals surface area contributed by atoms with Gasteiger partial charge in [-0.2, -0.15) is 4.98 Å². The molecular formula is C21H30N4O2. The molecule has 0 fully saturated rings. The van der Waals surface area contributed by atoms with Crippen LogP contribution in [0.3, 0.4) is 0 Å². The summed E-state index contributed by atoms with van der Waals surface area (Å²) in [6.45, 7) is 8.09. The smallest absolute Gasteiger partial charge is 0.227 e. The number of ether oxygens (including phenoxy) is 2. The molecule has 27 heavy (non-hydrogen) atoms. The van der Waals surface area contributed by atoms with Crippen LogP contribution in [0.2, 0.25) is 0 Å². The zero-order valence-corrected chi connectivity index (χ0v) is 16.9. The van der Waals surface area contributed by atoms with E-state index in [1.165, 1.54) is 11.1 Å². The number of nitrogens with zero attached hydrogens (tertiary/aromatic N) is 4. The Bertz CT molecular complexity index is 760. The maximum absolute atomic E-state index is 5.47. The van der Waals surface area contributed by atoms with Crippen LogP contribution < -0.4 is 19.3 Å². The molecule has 1 aromatic carbocycles. The molecule has 0 saturated heterocycles. The Labute approximate surface area is 162 Å². The van der Waals surface area contributed by atoms with Crippen LogP contribution in [0, 0.1) is 0 Å². The van der Waals surface area contributed by atoms with Crippen LogP contribution in [-0.2, 0) is 13.0 Å². The second-order valence-electron chi connectivity index (χ2n) is 6.85. The Kier molecular flexibility index (Phi) is 6.37. The second-order valence-corrected chi connectivity index (χ2v) is 6.85. The number of rotatable bonds is 8. The van der Waals surface area contributed by atoms with Crippen molar-refractivity contribution in [1.82, 2.24) is 9.97 Å². The van der Waals surface area contributed by atoms with E-state index in [2.05, 4.69) is 40.8 Å². The third kappa shape index (κ3) is 4.26. The van der Waals surface area contributed by atoms with E-state index in [9.17, 15) is 0 Å². The van der Waals surface area contributed by atoms with E-state index in [4.69, 9.17) is 14.5 Å². The molecule has 0 radical (unpaired) electrons. The van der Waals surface area contributed by atoms with Crippen molar-refractivity contribution in [2.24, 2.45) is 0 Å². The summed E-state index contributed by atoms with van der Waals surface area (Å²) >= 11 is 0. The molecule has 0 unspecified atom stereocenters. The fraction of sp³-hybridized carbons (Fsp3) is 0.524. The predicted molar refractivity (Wildman–Crippen MR) is 109 cm³/mol. The maximum Gasteiger partial charge on any atom is 0.227 e. The van der Waals surface area contributed by atoms with Gasteiger partial charge in [0.2, 0.25) is 5.95 Å². The van der Waals surface area contributed by atoms with E-state index in [1.807, 2.05) is 12.3 Å². The Morgan fingerprint density at radius 1 is 1.04 bits per heavy atom. The van der Waals surface area contributed by atoms with Crippen molar-refractivity contribution in [1.29, 1.82) is 0 Å². The molecule has 0 bridgehead atoms. The maximum atomic E-state index is 5.47. The van der Waals surface area contributed by atoms with Crippen LogP contribution in [0.25, 0.3) is 0 Å². The fourth-order valence-corrected chi connectivity index (χ4v) is 3.60. The molecule has 146 valence electrons. The summed E-state index contributed by atoms with van der Waals surface area (Å²) in [6.07, 6.45) is 5.02. The number of methoxy groups -OCH3 is 2. The third-order valence-corrected chi connectivity index (χ3v) is 4.94. The van der Waals surface area contributed by atoms with Gasteiger partial charge in [0.1, 0.15) is 5.82 Å². The number of aromatic nitrogens is 2. The van der Waals surface area contributed by atoms with Gasteiger partial charge < -0.3 is 19.3 Å². The van der Waals surface area contributed by atoms with Crippen molar-refractivity contribution in [3.63, 3.8) is 0 Å². The van der Waals surface area contributed by atoms with E-state index in [1.54, 1.807) is 14.2 Å². The summed E-state index contributed by atoms with van der Waals surface area (Å²) in [5.74, 6) is 3.38. The summed E-state index contributed by atoms with van der Waals surface area (Å²) < 4.78 is 10.9. The van der Waals surface area contributed by atoms with Gasteiger partial charge in [0.05, 0.1) is 14.2 Å². The number of fused-ring (bicyclic) bond motifs is 1. The van der Waals surface area contributed by atoms with Gasteiger partial charge in [-0.15, -0.1) is 0 Å². The highest BCUT2D eigenvalue weighted by atomic mass is 16.5. The van der Waals surface area contributed by atoms with E-state index < -0.39 is 0 Å². The lowest BCUT2D eigenvalue weighted by molar-refractivity contribution is 0.353. The third-order valence-electron chi connectivity index (χ3n) is 4.94. The van der Waals surface area contributed by atoms with Crippen LogP contribution in [-0.4, -0.2) is 43.8 Å². The average molecular weight is 370 g/mol. The van der Waals surface area contributed by atoms with Crippen molar-refractivity contribution in [3.8, 4) is 11.5 Å². The minimum absolute atomic E-state index is 0.776. The zero-order chi connectivity index (χ0) is 19.2. The fourth-order valence-electron chi connectivity index (χ4n) is 3.60. The van der Waals surface area contributed by atoms with Gasteiger partial charge in [0, 0.05) is 32.4 Å². The molecule has 0 aliphatic carbocycles. The van der Waals surface area contributed by atoms with Crippen LogP contribution in [0.1, 0.15) is 37.8 Å². The monoisotopic (exact) mass is 370 g/mol. The number of hydrogen-bond donors (Lipinski definition) is 0. The summed E-state index contributed by atoms with van der Waals surface area (Å²) in [7, 11) is 3.36.